The van der Waals surface area contributed by atoms with E-state index in [1.54, 1.807) is 21.6 Å². The number of rotatable bonds is 7. The molecule has 0 aromatic rings. The first kappa shape index (κ1) is 15.7. The maximum atomic E-state index is 10.6. The van der Waals surface area contributed by atoms with Crippen LogP contribution in [0.4, 0.5) is 0 Å². The molecule has 0 radical (unpaired) electrons. The Balaban J connectivity index is 4.16. The number of hydrogen-bond donors (Lipinski definition) is 3. The fraction of sp³-hybridized carbons (Fsp3) is 0.889. The lowest BCUT2D eigenvalue weighted by molar-refractivity contribution is -0.138. The zero-order valence-electron chi connectivity index (χ0n) is 9.77. The summed E-state index contributed by atoms with van der Waals surface area (Å²) < 4.78 is 0.0955. The first-order chi connectivity index (χ1) is 7.26. The number of carbonyl (C=O) groups is 1. The molecule has 0 spiro atoms. The summed E-state index contributed by atoms with van der Waals surface area (Å²) in [7, 11) is 3.22. The molecule has 0 rings (SSSR count). The van der Waals surface area contributed by atoms with Crippen molar-refractivity contribution in [3.05, 3.63) is 0 Å². The zero-order valence-corrected chi connectivity index (χ0v) is 11.4. The Bertz CT molecular complexity index is 243. The van der Waals surface area contributed by atoms with Gasteiger partial charge in [0.1, 0.15) is 6.04 Å². The van der Waals surface area contributed by atoms with Gasteiger partial charge in [0, 0.05) is 10.00 Å². The molecule has 0 saturated carbocycles. The van der Waals surface area contributed by atoms with Gasteiger partial charge >= 0.3 is 5.97 Å². The second-order valence-electron chi connectivity index (χ2n) is 4.44. The van der Waals surface area contributed by atoms with Crippen molar-refractivity contribution in [2.24, 2.45) is 10.8 Å². The van der Waals surface area contributed by atoms with Gasteiger partial charge in [0.05, 0.1) is 6.54 Å². The molecule has 0 amide bonds. The molecular weight excluding hydrogens is 246 g/mol. The molecule has 5 nitrogen and oxygen atoms in total. The highest BCUT2D eigenvalue weighted by Gasteiger charge is 2.22. The number of carboxylic acids is 1. The van der Waals surface area contributed by atoms with Gasteiger partial charge in [-0.15, -0.1) is 0 Å². The topological polar surface area (TPSA) is 99.5 Å². The molecule has 0 saturated heterocycles. The minimum atomic E-state index is -1.00. The molecule has 0 aromatic carbocycles. The fourth-order valence-corrected chi connectivity index (χ4v) is 3.38. The van der Waals surface area contributed by atoms with Crippen LogP contribution < -0.4 is 5.73 Å². The lowest BCUT2D eigenvalue weighted by Gasteiger charge is -2.21. The molecule has 0 aromatic heterocycles. The summed E-state index contributed by atoms with van der Waals surface area (Å²) in [5, 5.41) is 12.0. The largest absolute Gasteiger partial charge is 0.480 e. The standard InChI is InChI=1S/C9H19N3O2S2/c1-9(2,3)16-15-6(5-12-11)4-7(10)8(13)14/h6-7,11H,4-5,10H2,1-3H3,(H,13,14)/t6?,7-/m0/s1. The maximum Gasteiger partial charge on any atom is 0.320 e. The quantitative estimate of drug-likeness (QED) is 0.485. The van der Waals surface area contributed by atoms with Gasteiger partial charge in [0.15, 0.2) is 0 Å². The molecule has 0 bridgehead atoms. The molecule has 0 heterocycles. The normalized spacial score (nSPS) is 15.5. The zero-order chi connectivity index (χ0) is 12.8. The predicted molar refractivity (Wildman–Crippen MR) is 69.0 cm³/mol. The maximum absolute atomic E-state index is 10.6. The van der Waals surface area contributed by atoms with Crippen molar-refractivity contribution in [3.8, 4) is 0 Å². The first-order valence-electron chi connectivity index (χ1n) is 4.92. The van der Waals surface area contributed by atoms with Crippen LogP contribution in [0.2, 0.25) is 0 Å². The third kappa shape index (κ3) is 7.95. The van der Waals surface area contributed by atoms with Crippen LogP contribution in [-0.4, -0.2) is 33.7 Å². The molecule has 0 aliphatic carbocycles. The summed E-state index contributed by atoms with van der Waals surface area (Å²) in [5.41, 5.74) is 12.3. The highest BCUT2D eigenvalue weighted by molar-refractivity contribution is 8.77. The van der Waals surface area contributed by atoms with Gasteiger partial charge < -0.3 is 10.8 Å². The Morgan fingerprint density at radius 1 is 1.56 bits per heavy atom. The Morgan fingerprint density at radius 2 is 2.12 bits per heavy atom. The monoisotopic (exact) mass is 265 g/mol. The Morgan fingerprint density at radius 3 is 2.50 bits per heavy atom. The summed E-state index contributed by atoms with van der Waals surface area (Å²) in [6.45, 7) is 6.55. The predicted octanol–water partition coefficient (Wildman–Crippen LogP) is 2.37. The highest BCUT2D eigenvalue weighted by Crippen LogP contribution is 2.39. The van der Waals surface area contributed by atoms with Crippen LogP contribution in [0.15, 0.2) is 5.11 Å². The van der Waals surface area contributed by atoms with Gasteiger partial charge in [-0.3, -0.25) is 4.79 Å². The van der Waals surface area contributed by atoms with Crippen LogP contribution in [0.5, 0.6) is 0 Å². The molecular formula is C9H19N3O2S2. The number of hydrogen-bond acceptors (Lipinski definition) is 6. The SMILES string of the molecule is CC(C)(C)SSC(CN=N)C[C@H](N)C(=O)O. The lowest BCUT2D eigenvalue weighted by Crippen LogP contribution is -2.33. The van der Waals surface area contributed by atoms with Crippen molar-refractivity contribution in [2.45, 2.75) is 43.2 Å². The van der Waals surface area contributed by atoms with E-state index in [4.69, 9.17) is 16.4 Å². The minimum absolute atomic E-state index is 0.0205. The third-order valence-electron chi connectivity index (χ3n) is 1.56. The van der Waals surface area contributed by atoms with E-state index in [1.165, 1.54) is 0 Å². The molecule has 1 unspecified atom stereocenters. The number of nitrogens with one attached hydrogen (secondary N) is 1. The Hall–Kier alpha value is -0.270. The van der Waals surface area contributed by atoms with E-state index in [0.717, 1.165) is 0 Å². The number of carboxylic acid groups (broad SMARTS) is 1. The molecule has 2 atom stereocenters. The first-order valence-corrected chi connectivity index (χ1v) is 7.13. The van der Waals surface area contributed by atoms with Gasteiger partial charge in [0.2, 0.25) is 0 Å². The van der Waals surface area contributed by atoms with Crippen molar-refractivity contribution in [2.75, 3.05) is 6.54 Å². The van der Waals surface area contributed by atoms with Crippen LogP contribution in [0, 0.1) is 5.53 Å². The van der Waals surface area contributed by atoms with Crippen molar-refractivity contribution in [3.63, 3.8) is 0 Å². The number of nitrogens with zero attached hydrogens (tertiary/aromatic N) is 1. The second-order valence-corrected chi connectivity index (χ2v) is 7.76. The van der Waals surface area contributed by atoms with Crippen LogP contribution in [0.25, 0.3) is 0 Å². The van der Waals surface area contributed by atoms with Crippen LogP contribution in [0.1, 0.15) is 27.2 Å². The van der Waals surface area contributed by atoms with Crippen LogP contribution in [-0.2, 0) is 4.79 Å². The Labute approximate surface area is 104 Å². The molecule has 94 valence electrons. The van der Waals surface area contributed by atoms with E-state index >= 15 is 0 Å². The third-order valence-corrected chi connectivity index (χ3v) is 5.38. The van der Waals surface area contributed by atoms with Crippen LogP contribution in [0.3, 0.4) is 0 Å². The molecule has 7 heteroatoms. The van der Waals surface area contributed by atoms with E-state index in [0.29, 0.717) is 13.0 Å². The average Bonchev–Trinajstić information content (AvgIpc) is 2.13. The molecule has 4 N–H and O–H groups in total. The van der Waals surface area contributed by atoms with E-state index in [-0.39, 0.29) is 10.00 Å². The molecule has 0 aliphatic heterocycles. The molecule has 0 aliphatic rings. The van der Waals surface area contributed by atoms with Gasteiger partial charge in [-0.25, -0.2) is 5.53 Å². The summed E-state index contributed by atoms with van der Waals surface area (Å²) in [5.74, 6) is -1.00. The van der Waals surface area contributed by atoms with Crippen molar-refractivity contribution < 1.29 is 9.90 Å². The van der Waals surface area contributed by atoms with Gasteiger partial charge in [-0.05, 0) is 6.42 Å². The van der Waals surface area contributed by atoms with Crippen molar-refractivity contribution >= 4 is 27.6 Å². The number of aliphatic carboxylic acids is 1. The van der Waals surface area contributed by atoms with E-state index in [2.05, 4.69) is 25.9 Å². The van der Waals surface area contributed by atoms with Gasteiger partial charge in [-0.2, -0.15) is 5.11 Å². The van der Waals surface area contributed by atoms with Gasteiger partial charge in [0.25, 0.3) is 0 Å². The summed E-state index contributed by atoms with van der Waals surface area (Å²) in [6.07, 6.45) is 0.339. The fourth-order valence-electron chi connectivity index (χ4n) is 0.842. The average molecular weight is 265 g/mol. The van der Waals surface area contributed by atoms with E-state index < -0.39 is 12.0 Å². The number of nitrogens with two attached hydrogens (primary N) is 1. The van der Waals surface area contributed by atoms with Crippen molar-refractivity contribution in [1.82, 2.24) is 0 Å². The summed E-state index contributed by atoms with van der Waals surface area (Å²) in [4.78, 5) is 10.6. The lowest BCUT2D eigenvalue weighted by atomic mass is 10.2. The smallest absolute Gasteiger partial charge is 0.320 e. The molecule has 16 heavy (non-hydrogen) atoms. The van der Waals surface area contributed by atoms with Crippen LogP contribution >= 0.6 is 21.6 Å². The second kappa shape index (κ2) is 7.13. The van der Waals surface area contributed by atoms with E-state index in [9.17, 15) is 4.79 Å². The minimum Gasteiger partial charge on any atom is -0.480 e. The van der Waals surface area contributed by atoms with Gasteiger partial charge in [-0.1, -0.05) is 42.4 Å². The van der Waals surface area contributed by atoms with Crippen molar-refractivity contribution in [1.29, 1.82) is 5.53 Å². The Kier molecular flexibility index (Phi) is 7.01. The van der Waals surface area contributed by atoms with E-state index in [1.807, 2.05) is 0 Å². The molecule has 0 fully saturated rings. The summed E-state index contributed by atoms with van der Waals surface area (Å²) in [6, 6.07) is -0.875. The highest BCUT2D eigenvalue weighted by atomic mass is 33.1. The summed E-state index contributed by atoms with van der Waals surface area (Å²) >= 11 is 0.